The molecular formula is C6H18N4O8S2. The molecule has 0 fully saturated rings. The molecule has 0 saturated heterocycles. The molecule has 0 spiro atoms. The number of aromatic hydroxyl groups is 2. The maximum atomic E-state index is 10.7. The molecule has 0 heterocycles. The van der Waals surface area contributed by atoms with Crippen LogP contribution in [0.1, 0.15) is 0 Å². The van der Waals surface area contributed by atoms with Crippen LogP contribution in [0.3, 0.4) is 0 Å². The smallest absolute Gasteiger partial charge is 0.298 e. The molecule has 0 aliphatic carbocycles. The standard InChI is InChI=1S/C6H6O8S2.4H3N/c7-4-1-3(15(9,10)11)2-5(6(4)8)16(12,13)14;;;;/h1-2,7-8H,(H,9,10,11)(H,12,13,14);4*1H3. The van der Waals surface area contributed by atoms with E-state index in [2.05, 4.69) is 0 Å². The molecule has 20 heavy (non-hydrogen) atoms. The molecule has 0 aromatic heterocycles. The number of hydrogen-bond donors (Lipinski definition) is 8. The van der Waals surface area contributed by atoms with Crippen LogP contribution in [0, 0.1) is 0 Å². The second-order valence-corrected chi connectivity index (χ2v) is 5.55. The quantitative estimate of drug-likeness (QED) is 0.265. The van der Waals surface area contributed by atoms with E-state index in [0.717, 1.165) is 0 Å². The van der Waals surface area contributed by atoms with Gasteiger partial charge in [0.1, 0.15) is 4.90 Å². The highest BCUT2D eigenvalue weighted by atomic mass is 32.2. The van der Waals surface area contributed by atoms with Crippen molar-refractivity contribution in [2.45, 2.75) is 9.79 Å². The SMILES string of the molecule is N.N.N.N.O=S(=O)(O)c1cc(O)c(O)c(S(=O)(=O)O)c1. The van der Waals surface area contributed by atoms with Gasteiger partial charge in [0, 0.05) is 6.07 Å². The summed E-state index contributed by atoms with van der Waals surface area (Å²) in [5.74, 6) is -2.32. The molecule has 122 valence electrons. The Morgan fingerprint density at radius 2 is 1.15 bits per heavy atom. The van der Waals surface area contributed by atoms with Crippen molar-refractivity contribution in [3.63, 3.8) is 0 Å². The van der Waals surface area contributed by atoms with Gasteiger partial charge in [-0.25, -0.2) is 0 Å². The zero-order valence-corrected chi connectivity index (χ0v) is 11.9. The predicted octanol–water partition coefficient (Wildman–Crippen LogP) is 0.239. The van der Waals surface area contributed by atoms with E-state index in [1.165, 1.54) is 0 Å². The minimum absolute atomic E-state index is 0. The Labute approximate surface area is 115 Å². The summed E-state index contributed by atoms with van der Waals surface area (Å²) < 4.78 is 59.9. The van der Waals surface area contributed by atoms with Gasteiger partial charge in [-0.2, -0.15) is 16.8 Å². The maximum absolute atomic E-state index is 10.7. The fourth-order valence-corrected chi connectivity index (χ4v) is 2.14. The third kappa shape index (κ3) is 5.63. The number of phenols is 2. The van der Waals surface area contributed by atoms with Crippen molar-refractivity contribution in [2.24, 2.45) is 0 Å². The molecule has 0 bridgehead atoms. The van der Waals surface area contributed by atoms with Crippen LogP contribution < -0.4 is 24.6 Å². The number of hydrogen-bond acceptors (Lipinski definition) is 10. The van der Waals surface area contributed by atoms with E-state index in [9.17, 15) is 16.8 Å². The third-order valence-corrected chi connectivity index (χ3v) is 3.30. The summed E-state index contributed by atoms with van der Waals surface area (Å²) in [5.41, 5.74) is 0. The first-order valence-corrected chi connectivity index (χ1v) is 6.42. The Morgan fingerprint density at radius 3 is 1.45 bits per heavy atom. The van der Waals surface area contributed by atoms with Gasteiger partial charge in [-0.05, 0) is 6.07 Å². The van der Waals surface area contributed by atoms with Gasteiger partial charge in [-0.3, -0.25) is 9.11 Å². The molecule has 16 N–H and O–H groups in total. The van der Waals surface area contributed by atoms with Crippen molar-refractivity contribution in [3.05, 3.63) is 12.1 Å². The van der Waals surface area contributed by atoms with E-state index in [0.29, 0.717) is 12.1 Å². The zero-order chi connectivity index (χ0) is 12.7. The van der Waals surface area contributed by atoms with E-state index in [1.54, 1.807) is 0 Å². The molecule has 0 saturated carbocycles. The van der Waals surface area contributed by atoms with Gasteiger partial charge < -0.3 is 34.8 Å². The molecule has 0 aliphatic rings. The minimum atomic E-state index is -4.92. The molecule has 1 aromatic carbocycles. The molecule has 1 rings (SSSR count). The first-order chi connectivity index (χ1) is 7.03. The summed E-state index contributed by atoms with van der Waals surface area (Å²) in [5, 5.41) is 18.1. The van der Waals surface area contributed by atoms with Gasteiger partial charge in [0.25, 0.3) is 20.2 Å². The first-order valence-electron chi connectivity index (χ1n) is 3.54. The van der Waals surface area contributed by atoms with E-state index in [-0.39, 0.29) is 24.6 Å². The molecular weight excluding hydrogens is 320 g/mol. The van der Waals surface area contributed by atoms with Crippen molar-refractivity contribution >= 4 is 20.2 Å². The fourth-order valence-electron chi connectivity index (χ4n) is 0.914. The highest BCUT2D eigenvalue weighted by Crippen LogP contribution is 2.34. The molecule has 0 aliphatic heterocycles. The van der Waals surface area contributed by atoms with Gasteiger partial charge >= 0.3 is 0 Å². The lowest BCUT2D eigenvalue weighted by Crippen LogP contribution is -2.03. The van der Waals surface area contributed by atoms with Gasteiger partial charge in [-0.1, -0.05) is 0 Å². The highest BCUT2D eigenvalue weighted by Gasteiger charge is 2.23. The van der Waals surface area contributed by atoms with E-state index in [4.69, 9.17) is 19.3 Å². The summed E-state index contributed by atoms with van der Waals surface area (Å²) in [6.07, 6.45) is 0. The maximum Gasteiger partial charge on any atom is 0.298 e. The van der Waals surface area contributed by atoms with Crippen LogP contribution in [-0.2, 0) is 20.2 Å². The van der Waals surface area contributed by atoms with Crippen LogP contribution >= 0.6 is 0 Å². The lowest BCUT2D eigenvalue weighted by Gasteiger charge is -2.05. The highest BCUT2D eigenvalue weighted by molar-refractivity contribution is 7.86. The van der Waals surface area contributed by atoms with Crippen LogP contribution in [0.5, 0.6) is 11.5 Å². The van der Waals surface area contributed by atoms with Crippen LogP contribution in [0.4, 0.5) is 0 Å². The fraction of sp³-hybridized carbons (Fsp3) is 0. The number of benzene rings is 1. The van der Waals surface area contributed by atoms with E-state index >= 15 is 0 Å². The summed E-state index contributed by atoms with van der Waals surface area (Å²) in [6, 6.07) is 0.735. The van der Waals surface area contributed by atoms with Gasteiger partial charge in [0.2, 0.25) is 0 Å². The van der Waals surface area contributed by atoms with Crippen molar-refractivity contribution in [3.8, 4) is 11.5 Å². The second kappa shape index (κ2) is 7.92. The predicted molar refractivity (Wildman–Crippen MR) is 69.5 cm³/mol. The van der Waals surface area contributed by atoms with Gasteiger partial charge in [0.15, 0.2) is 11.5 Å². The molecule has 12 nitrogen and oxygen atoms in total. The monoisotopic (exact) mass is 338 g/mol. The Balaban J connectivity index is -0.000000320. The Kier molecular flexibility index (Phi) is 10.7. The number of rotatable bonds is 2. The Hall–Kier alpha value is -1.52. The molecule has 0 amide bonds. The molecule has 0 atom stereocenters. The average Bonchev–Trinajstić information content (AvgIpc) is 2.05. The topological polar surface area (TPSA) is 289 Å². The van der Waals surface area contributed by atoms with E-state index < -0.39 is 41.5 Å². The third-order valence-electron chi connectivity index (χ3n) is 1.60. The first kappa shape index (κ1) is 26.9. The number of phenolic OH excluding ortho intramolecular Hbond substituents is 2. The lowest BCUT2D eigenvalue weighted by molar-refractivity contribution is 0.386. The van der Waals surface area contributed by atoms with Crippen molar-refractivity contribution < 1.29 is 36.2 Å². The summed E-state index contributed by atoms with van der Waals surface area (Å²) in [7, 11) is -9.70. The van der Waals surface area contributed by atoms with Crippen LogP contribution in [-0.4, -0.2) is 36.2 Å². The molecule has 0 radical (unpaired) electrons. The Bertz CT molecular complexity index is 641. The van der Waals surface area contributed by atoms with E-state index in [1.807, 2.05) is 0 Å². The van der Waals surface area contributed by atoms with Crippen molar-refractivity contribution in [1.29, 1.82) is 0 Å². The molecule has 0 unspecified atom stereocenters. The summed E-state index contributed by atoms with van der Waals surface area (Å²) in [4.78, 5) is -2.20. The Morgan fingerprint density at radius 1 is 0.750 bits per heavy atom. The van der Waals surface area contributed by atoms with Crippen LogP contribution in [0.25, 0.3) is 0 Å². The average molecular weight is 338 g/mol. The minimum Gasteiger partial charge on any atom is -0.504 e. The van der Waals surface area contributed by atoms with Crippen molar-refractivity contribution in [1.82, 2.24) is 24.6 Å². The largest absolute Gasteiger partial charge is 0.504 e. The van der Waals surface area contributed by atoms with Crippen LogP contribution in [0.2, 0.25) is 0 Å². The normalized spacial score (nSPS) is 10.1. The van der Waals surface area contributed by atoms with Crippen LogP contribution in [0.15, 0.2) is 21.9 Å². The molecule has 14 heteroatoms. The van der Waals surface area contributed by atoms with Crippen molar-refractivity contribution in [2.75, 3.05) is 0 Å². The lowest BCUT2D eigenvalue weighted by atomic mass is 10.3. The molecule has 1 aromatic rings. The van der Waals surface area contributed by atoms with Gasteiger partial charge in [0.05, 0.1) is 4.90 Å². The summed E-state index contributed by atoms with van der Waals surface area (Å²) >= 11 is 0. The summed E-state index contributed by atoms with van der Waals surface area (Å²) in [6.45, 7) is 0. The zero-order valence-electron chi connectivity index (χ0n) is 10.2. The second-order valence-electron chi connectivity index (χ2n) is 2.74. The van der Waals surface area contributed by atoms with Gasteiger partial charge in [-0.15, -0.1) is 0 Å².